The Labute approximate surface area is 441 Å². The molecule has 0 aliphatic heterocycles. The number of amides is 1. The number of carbonyl (C=O) groups is 2. The first-order valence-electron chi connectivity index (χ1n) is 30.6. The van der Waals surface area contributed by atoms with Crippen LogP contribution in [0.3, 0.4) is 0 Å². The van der Waals surface area contributed by atoms with Crippen molar-refractivity contribution < 1.29 is 37.3 Å². The van der Waals surface area contributed by atoms with E-state index in [1.54, 1.807) is 0 Å². The number of nitrogens with one attached hydrogen (secondary N) is 1. The molecule has 3 atom stereocenters. The molecule has 0 aliphatic carbocycles. The topological polar surface area (TPSA) is 114 Å². The fourth-order valence-electron chi connectivity index (χ4n) is 9.11. The summed E-state index contributed by atoms with van der Waals surface area (Å²) in [6.45, 7) is 6.87. The SMILES string of the molecule is CCCCCCCC/C=C/CCCCCCCCCC(=O)OC(/C=C/CCCCCCCCCCC)C(COP(=O)([O-])OCC[N+](C)(C)C)NC(=O)CCCCCCCCCCCCCCCCCCC. The van der Waals surface area contributed by atoms with Gasteiger partial charge in [0.25, 0.3) is 7.82 Å². The third-order valence-electron chi connectivity index (χ3n) is 13.9. The van der Waals surface area contributed by atoms with Crippen molar-refractivity contribution in [3.63, 3.8) is 0 Å². The molecular weight excluding hydrogens is 904 g/mol. The largest absolute Gasteiger partial charge is 0.756 e. The third-order valence-corrected chi connectivity index (χ3v) is 14.8. The maximum Gasteiger partial charge on any atom is 0.306 e. The molecule has 0 radical (unpaired) electrons. The zero-order valence-electron chi connectivity index (χ0n) is 48.0. The zero-order chi connectivity index (χ0) is 52.2. The van der Waals surface area contributed by atoms with Crippen molar-refractivity contribution in [2.45, 2.75) is 315 Å². The molecule has 1 N–H and O–H groups in total. The Morgan fingerprint density at radius 2 is 0.817 bits per heavy atom. The first-order chi connectivity index (χ1) is 34.4. The van der Waals surface area contributed by atoms with Gasteiger partial charge in [0.05, 0.1) is 33.8 Å². The van der Waals surface area contributed by atoms with Gasteiger partial charge in [0.2, 0.25) is 5.91 Å². The molecule has 0 heterocycles. The number of unbranched alkanes of at least 4 members (excludes halogenated alkanes) is 38. The van der Waals surface area contributed by atoms with Gasteiger partial charge in [-0.1, -0.05) is 257 Å². The number of phosphoric ester groups is 1. The van der Waals surface area contributed by atoms with Gasteiger partial charge in [-0.15, -0.1) is 0 Å². The molecule has 0 aromatic carbocycles. The number of carbonyl (C=O) groups excluding carboxylic acids is 2. The minimum Gasteiger partial charge on any atom is -0.756 e. The van der Waals surface area contributed by atoms with Crippen molar-refractivity contribution in [2.24, 2.45) is 0 Å². The van der Waals surface area contributed by atoms with Gasteiger partial charge < -0.3 is 28.5 Å². The molecule has 0 bridgehead atoms. The molecule has 0 aromatic rings. The van der Waals surface area contributed by atoms with E-state index in [1.165, 1.54) is 205 Å². The Balaban J connectivity index is 5.22. The molecule has 0 saturated heterocycles. The van der Waals surface area contributed by atoms with Crippen LogP contribution in [-0.2, 0) is 27.9 Å². The molecular formula is C61H119N2O7P. The van der Waals surface area contributed by atoms with Gasteiger partial charge in [-0.3, -0.25) is 14.2 Å². The van der Waals surface area contributed by atoms with E-state index in [1.807, 2.05) is 33.3 Å². The number of allylic oxidation sites excluding steroid dienone is 3. The third kappa shape index (κ3) is 53.1. The summed E-state index contributed by atoms with van der Waals surface area (Å²) in [4.78, 5) is 39.9. The lowest BCUT2D eigenvalue weighted by Crippen LogP contribution is -2.47. The fraction of sp³-hybridized carbons (Fsp3) is 0.902. The molecule has 10 heteroatoms. The lowest BCUT2D eigenvalue weighted by molar-refractivity contribution is -0.870. The summed E-state index contributed by atoms with van der Waals surface area (Å²) in [5.74, 6) is -0.531. The van der Waals surface area contributed by atoms with Crippen LogP contribution < -0.4 is 10.2 Å². The molecule has 0 aromatic heterocycles. The van der Waals surface area contributed by atoms with Crippen LogP contribution in [0.25, 0.3) is 0 Å². The van der Waals surface area contributed by atoms with E-state index in [-0.39, 0.29) is 31.5 Å². The molecule has 0 aliphatic rings. The van der Waals surface area contributed by atoms with Crippen LogP contribution in [0.5, 0.6) is 0 Å². The highest BCUT2D eigenvalue weighted by atomic mass is 31.2. The Bertz CT molecular complexity index is 1270. The number of rotatable bonds is 56. The summed E-state index contributed by atoms with van der Waals surface area (Å²) >= 11 is 0. The Morgan fingerprint density at radius 1 is 0.479 bits per heavy atom. The number of quaternary nitrogens is 1. The number of ether oxygens (including phenoxy) is 1. The second-order valence-electron chi connectivity index (χ2n) is 22.2. The van der Waals surface area contributed by atoms with Crippen molar-refractivity contribution >= 4 is 19.7 Å². The van der Waals surface area contributed by atoms with E-state index in [4.69, 9.17) is 13.8 Å². The van der Waals surface area contributed by atoms with Crippen molar-refractivity contribution in [2.75, 3.05) is 40.9 Å². The number of phosphoric acid groups is 1. The Kier molecular flexibility index (Phi) is 50.8. The van der Waals surface area contributed by atoms with Crippen molar-refractivity contribution in [1.82, 2.24) is 5.32 Å². The Morgan fingerprint density at radius 3 is 1.20 bits per heavy atom. The highest BCUT2D eigenvalue weighted by Crippen LogP contribution is 2.38. The summed E-state index contributed by atoms with van der Waals surface area (Å²) < 4.78 is 30.3. The fourth-order valence-corrected chi connectivity index (χ4v) is 9.83. The molecule has 420 valence electrons. The maximum absolute atomic E-state index is 13.5. The smallest absolute Gasteiger partial charge is 0.306 e. The molecule has 1 amide bonds. The van der Waals surface area contributed by atoms with E-state index in [0.717, 1.165) is 64.2 Å². The molecule has 0 fully saturated rings. The zero-order valence-corrected chi connectivity index (χ0v) is 48.8. The van der Waals surface area contributed by atoms with Crippen molar-refractivity contribution in [3.05, 3.63) is 24.3 Å². The van der Waals surface area contributed by atoms with Gasteiger partial charge >= 0.3 is 5.97 Å². The summed E-state index contributed by atoms with van der Waals surface area (Å²) in [6.07, 6.45) is 59.9. The van der Waals surface area contributed by atoms with Gasteiger partial charge in [0.15, 0.2) is 0 Å². The number of esters is 1. The summed E-state index contributed by atoms with van der Waals surface area (Å²) in [5, 5.41) is 3.03. The lowest BCUT2D eigenvalue weighted by Gasteiger charge is -2.30. The summed E-state index contributed by atoms with van der Waals surface area (Å²) in [5.41, 5.74) is 0. The normalized spacial score (nSPS) is 13.8. The average Bonchev–Trinajstić information content (AvgIpc) is 3.33. The molecule has 0 saturated carbocycles. The van der Waals surface area contributed by atoms with Crippen molar-refractivity contribution in [1.29, 1.82) is 0 Å². The van der Waals surface area contributed by atoms with E-state index in [0.29, 0.717) is 17.4 Å². The van der Waals surface area contributed by atoms with Crippen LogP contribution >= 0.6 is 7.82 Å². The highest BCUT2D eigenvalue weighted by Gasteiger charge is 2.27. The molecule has 0 rings (SSSR count). The van der Waals surface area contributed by atoms with E-state index in [2.05, 4.69) is 38.2 Å². The predicted molar refractivity (Wildman–Crippen MR) is 303 cm³/mol. The van der Waals surface area contributed by atoms with Crippen LogP contribution in [0.1, 0.15) is 303 Å². The second-order valence-corrected chi connectivity index (χ2v) is 23.6. The highest BCUT2D eigenvalue weighted by molar-refractivity contribution is 7.45. The summed E-state index contributed by atoms with van der Waals surface area (Å²) in [6, 6.07) is -0.883. The summed E-state index contributed by atoms with van der Waals surface area (Å²) in [7, 11) is 1.20. The van der Waals surface area contributed by atoms with Gasteiger partial charge in [-0.2, -0.15) is 0 Å². The van der Waals surface area contributed by atoms with Crippen LogP contribution in [0.4, 0.5) is 0 Å². The second kappa shape index (κ2) is 52.0. The molecule has 0 spiro atoms. The van der Waals surface area contributed by atoms with Crippen LogP contribution in [-0.4, -0.2) is 69.4 Å². The van der Waals surface area contributed by atoms with Crippen LogP contribution in [0.15, 0.2) is 24.3 Å². The Hall–Kier alpha value is -1.51. The number of likely N-dealkylation sites (N-methyl/N-ethyl adjacent to an activating group) is 1. The van der Waals surface area contributed by atoms with Crippen LogP contribution in [0, 0.1) is 0 Å². The first kappa shape index (κ1) is 69.5. The molecule has 71 heavy (non-hydrogen) atoms. The minimum atomic E-state index is -4.69. The van der Waals surface area contributed by atoms with Gasteiger partial charge in [-0.25, -0.2) is 0 Å². The first-order valence-corrected chi connectivity index (χ1v) is 32.1. The van der Waals surface area contributed by atoms with Gasteiger partial charge in [0.1, 0.15) is 19.3 Å². The number of hydrogen-bond acceptors (Lipinski definition) is 7. The van der Waals surface area contributed by atoms with Gasteiger partial charge in [-0.05, 0) is 57.4 Å². The van der Waals surface area contributed by atoms with Gasteiger partial charge in [0, 0.05) is 12.8 Å². The molecule has 3 unspecified atom stereocenters. The van der Waals surface area contributed by atoms with E-state index < -0.39 is 20.0 Å². The standard InChI is InChI=1S/C61H119N2O7P/c1-7-10-13-16-19-22-25-27-29-31-33-35-38-41-44-47-50-53-60(64)62-58(57-69-71(66,67)68-56-55-63(4,5)6)59(52-49-46-43-40-37-24-21-18-15-12-9-3)70-61(65)54-51-48-45-42-39-36-34-32-30-28-26-23-20-17-14-11-8-2/h28,30,49,52,58-59H,7-27,29,31-48,50-51,53-57H2,1-6H3,(H-,62,64,66,67)/b30-28+,52-49+. The molecule has 9 nitrogen and oxygen atoms in total. The lowest BCUT2D eigenvalue weighted by atomic mass is 10.0. The van der Waals surface area contributed by atoms with Crippen LogP contribution in [0.2, 0.25) is 0 Å². The maximum atomic E-state index is 13.5. The van der Waals surface area contributed by atoms with E-state index in [9.17, 15) is 19.0 Å². The van der Waals surface area contributed by atoms with E-state index >= 15 is 0 Å². The number of nitrogens with zero attached hydrogens (tertiary/aromatic N) is 1. The monoisotopic (exact) mass is 1020 g/mol. The quantitative estimate of drug-likeness (QED) is 0.0212. The predicted octanol–water partition coefficient (Wildman–Crippen LogP) is 17.9. The number of hydrogen-bond donors (Lipinski definition) is 1. The average molecular weight is 1020 g/mol. The van der Waals surface area contributed by atoms with Crippen molar-refractivity contribution in [3.8, 4) is 0 Å². The minimum absolute atomic E-state index is 0.0195.